The lowest BCUT2D eigenvalue weighted by Gasteiger charge is -2.54. The molecule has 2 saturated carbocycles. The van der Waals surface area contributed by atoms with E-state index in [1.54, 1.807) is 0 Å². The van der Waals surface area contributed by atoms with Gasteiger partial charge in [-0.2, -0.15) is 0 Å². The van der Waals surface area contributed by atoms with Gasteiger partial charge in [0.1, 0.15) is 0 Å². The van der Waals surface area contributed by atoms with E-state index >= 15 is 0 Å². The van der Waals surface area contributed by atoms with Crippen molar-refractivity contribution in [3.63, 3.8) is 0 Å². The third-order valence-electron chi connectivity index (χ3n) is 6.10. The molecule has 3 fully saturated rings. The average Bonchev–Trinajstić information content (AvgIpc) is 3.05. The van der Waals surface area contributed by atoms with Crippen molar-refractivity contribution in [1.29, 1.82) is 0 Å². The first-order valence-electron chi connectivity index (χ1n) is 8.19. The van der Waals surface area contributed by atoms with Crippen molar-refractivity contribution in [3.8, 4) is 0 Å². The molecule has 2 heteroatoms. The molecule has 104 valence electrons. The molecule has 1 N–H and O–H groups in total. The fraction of sp³-hybridized carbons (Fsp3) is 1.00. The zero-order valence-electron chi connectivity index (χ0n) is 12.3. The normalized spacial score (nSPS) is 37.7. The highest BCUT2D eigenvalue weighted by Gasteiger charge is 2.47. The van der Waals surface area contributed by atoms with Crippen LogP contribution in [0.1, 0.15) is 71.6 Å². The maximum Gasteiger partial charge on any atom is 0.0309 e. The van der Waals surface area contributed by atoms with E-state index in [1.165, 1.54) is 70.9 Å². The standard InChI is InChI=1S/C16H30N2/c1-3-15(2)12-17-16(10-6-7-11-16)13-18(15)14-8-4-5-9-14/h14,17H,3-13H2,1-2H3. The summed E-state index contributed by atoms with van der Waals surface area (Å²) >= 11 is 0. The van der Waals surface area contributed by atoms with Gasteiger partial charge in [0, 0.05) is 30.2 Å². The predicted molar refractivity (Wildman–Crippen MR) is 76.9 cm³/mol. The summed E-state index contributed by atoms with van der Waals surface area (Å²) in [6.07, 6.45) is 12.8. The quantitative estimate of drug-likeness (QED) is 0.809. The summed E-state index contributed by atoms with van der Waals surface area (Å²) in [6.45, 7) is 7.39. The molecule has 2 nitrogen and oxygen atoms in total. The van der Waals surface area contributed by atoms with Crippen LogP contribution >= 0.6 is 0 Å². The van der Waals surface area contributed by atoms with Crippen molar-refractivity contribution in [2.24, 2.45) is 0 Å². The minimum Gasteiger partial charge on any atom is -0.308 e. The SMILES string of the molecule is CCC1(C)CNC2(CCCC2)CN1C1CCCC1. The summed E-state index contributed by atoms with van der Waals surface area (Å²) in [4.78, 5) is 2.92. The highest BCUT2D eigenvalue weighted by atomic mass is 15.3. The Balaban J connectivity index is 1.79. The number of nitrogens with zero attached hydrogens (tertiary/aromatic N) is 1. The zero-order chi connectivity index (χ0) is 12.6. The number of hydrogen-bond donors (Lipinski definition) is 1. The van der Waals surface area contributed by atoms with E-state index in [0.29, 0.717) is 11.1 Å². The van der Waals surface area contributed by atoms with Crippen LogP contribution in [0.5, 0.6) is 0 Å². The first-order valence-corrected chi connectivity index (χ1v) is 8.19. The summed E-state index contributed by atoms with van der Waals surface area (Å²) in [7, 11) is 0. The zero-order valence-corrected chi connectivity index (χ0v) is 12.3. The van der Waals surface area contributed by atoms with Gasteiger partial charge in [-0.25, -0.2) is 0 Å². The fourth-order valence-electron chi connectivity index (χ4n) is 4.55. The molecule has 0 amide bonds. The van der Waals surface area contributed by atoms with Gasteiger partial charge in [-0.3, -0.25) is 4.90 Å². The molecular weight excluding hydrogens is 220 g/mol. The van der Waals surface area contributed by atoms with Gasteiger partial charge in [0.15, 0.2) is 0 Å². The number of piperazine rings is 1. The van der Waals surface area contributed by atoms with Crippen LogP contribution in [-0.4, -0.2) is 35.1 Å². The van der Waals surface area contributed by atoms with Crippen molar-refractivity contribution in [2.45, 2.75) is 88.8 Å². The van der Waals surface area contributed by atoms with E-state index < -0.39 is 0 Å². The van der Waals surface area contributed by atoms with Gasteiger partial charge in [0.25, 0.3) is 0 Å². The summed E-state index contributed by atoms with van der Waals surface area (Å²) in [5.74, 6) is 0. The molecule has 0 aromatic heterocycles. The van der Waals surface area contributed by atoms with E-state index in [0.717, 1.165) is 6.04 Å². The average molecular weight is 250 g/mol. The van der Waals surface area contributed by atoms with E-state index in [9.17, 15) is 0 Å². The Morgan fingerprint density at radius 1 is 1.11 bits per heavy atom. The van der Waals surface area contributed by atoms with Gasteiger partial charge in [0.05, 0.1) is 0 Å². The van der Waals surface area contributed by atoms with Crippen LogP contribution in [0.2, 0.25) is 0 Å². The van der Waals surface area contributed by atoms with E-state index in [2.05, 4.69) is 24.1 Å². The fourth-order valence-corrected chi connectivity index (χ4v) is 4.55. The lowest BCUT2D eigenvalue weighted by molar-refractivity contribution is -0.0169. The van der Waals surface area contributed by atoms with Crippen molar-refractivity contribution in [2.75, 3.05) is 13.1 Å². The molecule has 0 radical (unpaired) electrons. The molecule has 3 aliphatic rings. The lowest BCUT2D eigenvalue weighted by Crippen LogP contribution is -2.69. The van der Waals surface area contributed by atoms with Gasteiger partial charge >= 0.3 is 0 Å². The Kier molecular flexibility index (Phi) is 3.44. The van der Waals surface area contributed by atoms with Gasteiger partial charge < -0.3 is 5.32 Å². The molecule has 2 aliphatic carbocycles. The molecule has 3 rings (SSSR count). The molecule has 1 unspecified atom stereocenters. The molecule has 1 heterocycles. The Bertz CT molecular complexity index is 289. The maximum absolute atomic E-state index is 3.95. The molecule has 1 aliphatic heterocycles. The second kappa shape index (κ2) is 4.79. The van der Waals surface area contributed by atoms with E-state index in [-0.39, 0.29) is 0 Å². The van der Waals surface area contributed by atoms with Crippen LogP contribution in [0.15, 0.2) is 0 Å². The van der Waals surface area contributed by atoms with Crippen LogP contribution in [-0.2, 0) is 0 Å². The Morgan fingerprint density at radius 3 is 2.39 bits per heavy atom. The monoisotopic (exact) mass is 250 g/mol. The summed E-state index contributed by atoms with van der Waals surface area (Å²) in [5, 5.41) is 3.95. The molecule has 0 aromatic carbocycles. The van der Waals surface area contributed by atoms with Crippen molar-refractivity contribution >= 4 is 0 Å². The first-order chi connectivity index (χ1) is 8.68. The summed E-state index contributed by atoms with van der Waals surface area (Å²) in [6, 6.07) is 0.884. The second-order valence-electron chi connectivity index (χ2n) is 7.26. The van der Waals surface area contributed by atoms with Crippen LogP contribution in [0.25, 0.3) is 0 Å². The highest BCUT2D eigenvalue weighted by Crippen LogP contribution is 2.40. The van der Waals surface area contributed by atoms with Crippen molar-refractivity contribution in [3.05, 3.63) is 0 Å². The predicted octanol–water partition coefficient (Wildman–Crippen LogP) is 3.32. The molecule has 1 saturated heterocycles. The van der Waals surface area contributed by atoms with Gasteiger partial charge in [0.2, 0.25) is 0 Å². The smallest absolute Gasteiger partial charge is 0.0309 e. The van der Waals surface area contributed by atoms with Crippen molar-refractivity contribution < 1.29 is 0 Å². The molecule has 1 spiro atoms. The number of hydrogen-bond acceptors (Lipinski definition) is 2. The third-order valence-corrected chi connectivity index (χ3v) is 6.10. The highest BCUT2D eigenvalue weighted by molar-refractivity contribution is 5.07. The minimum atomic E-state index is 0.406. The molecular formula is C16H30N2. The number of rotatable bonds is 2. The van der Waals surface area contributed by atoms with Crippen LogP contribution in [0, 0.1) is 0 Å². The third kappa shape index (κ3) is 2.12. The van der Waals surface area contributed by atoms with Crippen LogP contribution in [0.4, 0.5) is 0 Å². The molecule has 18 heavy (non-hydrogen) atoms. The minimum absolute atomic E-state index is 0.406. The Hall–Kier alpha value is -0.0800. The summed E-state index contributed by atoms with van der Waals surface area (Å²) in [5.41, 5.74) is 0.889. The maximum atomic E-state index is 3.95. The van der Waals surface area contributed by atoms with Gasteiger partial charge in [-0.05, 0) is 39.0 Å². The Morgan fingerprint density at radius 2 is 1.78 bits per heavy atom. The number of nitrogens with one attached hydrogen (secondary N) is 1. The second-order valence-corrected chi connectivity index (χ2v) is 7.26. The molecule has 0 aromatic rings. The first kappa shape index (κ1) is 12.9. The van der Waals surface area contributed by atoms with Crippen molar-refractivity contribution in [1.82, 2.24) is 10.2 Å². The van der Waals surface area contributed by atoms with Crippen LogP contribution in [0.3, 0.4) is 0 Å². The van der Waals surface area contributed by atoms with E-state index in [1.807, 2.05) is 0 Å². The Labute approximate surface area is 113 Å². The van der Waals surface area contributed by atoms with Gasteiger partial charge in [-0.15, -0.1) is 0 Å². The molecule has 1 atom stereocenters. The molecule has 0 bridgehead atoms. The van der Waals surface area contributed by atoms with Crippen LogP contribution < -0.4 is 5.32 Å². The topological polar surface area (TPSA) is 15.3 Å². The van der Waals surface area contributed by atoms with E-state index in [4.69, 9.17) is 0 Å². The van der Waals surface area contributed by atoms with Gasteiger partial charge in [-0.1, -0.05) is 32.6 Å². The largest absolute Gasteiger partial charge is 0.308 e. The summed E-state index contributed by atoms with van der Waals surface area (Å²) < 4.78 is 0. The lowest BCUT2D eigenvalue weighted by atomic mass is 9.83.